The Morgan fingerprint density at radius 3 is 2.52 bits per heavy atom. The highest BCUT2D eigenvalue weighted by Gasteiger charge is 2.29. The van der Waals surface area contributed by atoms with Crippen LogP contribution in [0.25, 0.3) is 11.1 Å². The van der Waals surface area contributed by atoms with Crippen molar-refractivity contribution < 1.29 is 14.7 Å². The first-order valence-electron chi connectivity index (χ1n) is 10.4. The Morgan fingerprint density at radius 1 is 1.10 bits per heavy atom. The van der Waals surface area contributed by atoms with E-state index in [0.29, 0.717) is 6.54 Å². The van der Waals surface area contributed by atoms with E-state index in [2.05, 4.69) is 59.4 Å². The lowest BCUT2D eigenvalue weighted by molar-refractivity contribution is 0.0689. The van der Waals surface area contributed by atoms with Crippen LogP contribution in [-0.2, 0) is 6.54 Å². The van der Waals surface area contributed by atoms with Gasteiger partial charge in [0.05, 0.1) is 0 Å². The number of carbonyl (C=O) groups is 2. The molecule has 2 heterocycles. The molecule has 1 atom stereocenters. The summed E-state index contributed by atoms with van der Waals surface area (Å²) in [5.41, 5.74) is 4.83. The van der Waals surface area contributed by atoms with Gasteiger partial charge in [-0.3, -0.25) is 4.90 Å². The number of aromatic carboxylic acids is 1. The first-order chi connectivity index (χ1) is 14.9. The van der Waals surface area contributed by atoms with Crippen LogP contribution in [0, 0.1) is 6.92 Å². The number of carboxylic acids is 1. The average molecular weight is 418 g/mol. The number of carboxylic acid groups (broad SMARTS) is 1. The van der Waals surface area contributed by atoms with Crippen LogP contribution in [0.5, 0.6) is 0 Å². The van der Waals surface area contributed by atoms with Crippen LogP contribution in [0.15, 0.2) is 60.8 Å². The van der Waals surface area contributed by atoms with Crippen LogP contribution in [0.2, 0.25) is 0 Å². The maximum Gasteiger partial charge on any atom is 0.356 e. The lowest BCUT2D eigenvalue weighted by Crippen LogP contribution is -2.54. The Morgan fingerprint density at radius 2 is 1.87 bits per heavy atom. The Kier molecular flexibility index (Phi) is 5.86. The van der Waals surface area contributed by atoms with E-state index in [4.69, 9.17) is 5.11 Å². The van der Waals surface area contributed by atoms with Crippen LogP contribution >= 0.6 is 0 Å². The summed E-state index contributed by atoms with van der Waals surface area (Å²) in [5, 5.41) is 12.9. The van der Waals surface area contributed by atoms with Crippen LogP contribution in [0.4, 0.5) is 4.79 Å². The molecule has 1 aromatic heterocycles. The summed E-state index contributed by atoms with van der Waals surface area (Å²) < 4.78 is 1.11. The van der Waals surface area contributed by atoms with Crippen molar-refractivity contribution in [2.75, 3.05) is 19.6 Å². The van der Waals surface area contributed by atoms with Gasteiger partial charge in [-0.25, -0.2) is 9.59 Å². The summed E-state index contributed by atoms with van der Waals surface area (Å²) in [6.07, 6.45) is 1.40. The maximum absolute atomic E-state index is 12.7. The highest BCUT2D eigenvalue weighted by Crippen LogP contribution is 2.25. The standard InChI is InChI=1S/C24H26N4O3/c1-17-14-19(8-9-21(17)20-6-4-3-5-7-20)16-26-12-13-27(18(2)15-26)24(31)28-11-10-22(25-28)23(29)30/h3-11,14,18H,12-13,15-16H2,1-2H3,(H,29,30)/t18-/m0/s1. The van der Waals surface area contributed by atoms with Gasteiger partial charge >= 0.3 is 12.0 Å². The minimum Gasteiger partial charge on any atom is -0.476 e. The highest BCUT2D eigenvalue weighted by atomic mass is 16.4. The predicted molar refractivity (Wildman–Crippen MR) is 118 cm³/mol. The van der Waals surface area contributed by atoms with E-state index in [1.54, 1.807) is 4.90 Å². The molecule has 7 nitrogen and oxygen atoms in total. The molecule has 31 heavy (non-hydrogen) atoms. The minimum atomic E-state index is -1.14. The quantitative estimate of drug-likeness (QED) is 0.698. The van der Waals surface area contributed by atoms with Crippen molar-refractivity contribution in [2.24, 2.45) is 0 Å². The number of aryl methyl sites for hydroxylation is 1. The molecule has 4 rings (SSSR count). The van der Waals surface area contributed by atoms with Crippen molar-refractivity contribution in [1.82, 2.24) is 19.6 Å². The second kappa shape index (κ2) is 8.73. The Bertz CT molecular complexity index is 1090. The molecule has 1 amide bonds. The third-order valence-corrected chi connectivity index (χ3v) is 5.74. The third-order valence-electron chi connectivity index (χ3n) is 5.74. The molecule has 0 bridgehead atoms. The zero-order valence-electron chi connectivity index (χ0n) is 17.7. The van der Waals surface area contributed by atoms with E-state index < -0.39 is 5.97 Å². The van der Waals surface area contributed by atoms with Crippen molar-refractivity contribution in [1.29, 1.82) is 0 Å². The molecule has 3 aromatic rings. The molecule has 1 aliphatic rings. The zero-order valence-corrected chi connectivity index (χ0v) is 17.7. The van der Waals surface area contributed by atoms with Crippen LogP contribution in [0.3, 0.4) is 0 Å². The molecule has 1 aliphatic heterocycles. The molecule has 0 spiro atoms. The van der Waals surface area contributed by atoms with Crippen LogP contribution in [-0.4, -0.2) is 62.4 Å². The highest BCUT2D eigenvalue weighted by molar-refractivity contribution is 5.86. The van der Waals surface area contributed by atoms with Crippen molar-refractivity contribution >= 4 is 12.0 Å². The number of hydrogen-bond donors (Lipinski definition) is 1. The van der Waals surface area contributed by atoms with Gasteiger partial charge in [0, 0.05) is 38.4 Å². The molecule has 1 saturated heterocycles. The van der Waals surface area contributed by atoms with E-state index in [9.17, 15) is 9.59 Å². The summed E-state index contributed by atoms with van der Waals surface area (Å²) in [5.74, 6) is -1.14. The molecule has 0 radical (unpaired) electrons. The molecular formula is C24H26N4O3. The normalized spacial score (nSPS) is 17.0. The van der Waals surface area contributed by atoms with Gasteiger partial charge in [-0.15, -0.1) is 0 Å². The van der Waals surface area contributed by atoms with Gasteiger partial charge in [0.1, 0.15) is 0 Å². The number of piperazine rings is 1. The Labute approximate surface area is 181 Å². The van der Waals surface area contributed by atoms with Crippen molar-refractivity contribution in [3.63, 3.8) is 0 Å². The Hall–Kier alpha value is -3.45. The van der Waals surface area contributed by atoms with Gasteiger partial charge in [-0.05, 0) is 42.2 Å². The number of aromatic nitrogens is 2. The van der Waals surface area contributed by atoms with E-state index >= 15 is 0 Å². The molecule has 160 valence electrons. The topological polar surface area (TPSA) is 78.7 Å². The lowest BCUT2D eigenvalue weighted by Gasteiger charge is -2.39. The summed E-state index contributed by atoms with van der Waals surface area (Å²) in [6, 6.07) is 18.0. The summed E-state index contributed by atoms with van der Waals surface area (Å²) in [7, 11) is 0. The van der Waals surface area contributed by atoms with Gasteiger partial charge in [0.15, 0.2) is 5.69 Å². The second-order valence-corrected chi connectivity index (χ2v) is 8.03. The fourth-order valence-electron chi connectivity index (χ4n) is 4.16. The molecule has 1 fully saturated rings. The number of carbonyl (C=O) groups excluding carboxylic acids is 1. The van der Waals surface area contributed by atoms with Crippen LogP contribution in [0.1, 0.15) is 28.5 Å². The molecule has 0 saturated carbocycles. The zero-order chi connectivity index (χ0) is 22.0. The van der Waals surface area contributed by atoms with E-state index in [-0.39, 0.29) is 17.8 Å². The first kappa shape index (κ1) is 20.8. The van der Waals surface area contributed by atoms with Gasteiger partial charge in [-0.1, -0.05) is 48.5 Å². The summed E-state index contributed by atoms with van der Waals surface area (Å²) in [4.78, 5) is 27.8. The van der Waals surface area contributed by atoms with Crippen molar-refractivity contribution in [2.45, 2.75) is 26.4 Å². The summed E-state index contributed by atoms with van der Waals surface area (Å²) in [6.45, 7) is 7.05. The molecule has 0 unspecified atom stereocenters. The summed E-state index contributed by atoms with van der Waals surface area (Å²) >= 11 is 0. The fraction of sp³-hybridized carbons (Fsp3) is 0.292. The van der Waals surface area contributed by atoms with Gasteiger partial charge < -0.3 is 10.0 Å². The first-order valence-corrected chi connectivity index (χ1v) is 10.4. The largest absolute Gasteiger partial charge is 0.476 e. The lowest BCUT2D eigenvalue weighted by atomic mass is 9.98. The smallest absolute Gasteiger partial charge is 0.356 e. The average Bonchev–Trinajstić information content (AvgIpc) is 3.25. The van der Waals surface area contributed by atoms with E-state index in [0.717, 1.165) is 24.3 Å². The number of amides is 1. The SMILES string of the molecule is Cc1cc(CN2CCN(C(=O)n3ccc(C(=O)O)n3)[C@@H](C)C2)ccc1-c1ccccc1. The number of nitrogens with zero attached hydrogens (tertiary/aromatic N) is 4. The predicted octanol–water partition coefficient (Wildman–Crippen LogP) is 3.73. The Balaban J connectivity index is 1.39. The molecule has 7 heteroatoms. The third kappa shape index (κ3) is 4.51. The van der Waals surface area contributed by atoms with Gasteiger partial charge in [0.25, 0.3) is 0 Å². The minimum absolute atomic E-state index is 0.00316. The number of benzene rings is 2. The monoisotopic (exact) mass is 418 g/mol. The van der Waals surface area contributed by atoms with Crippen molar-refractivity contribution in [3.05, 3.63) is 77.6 Å². The van der Waals surface area contributed by atoms with E-state index in [1.807, 2.05) is 13.0 Å². The second-order valence-electron chi connectivity index (χ2n) is 8.03. The van der Waals surface area contributed by atoms with Gasteiger partial charge in [-0.2, -0.15) is 9.78 Å². The maximum atomic E-state index is 12.7. The fourth-order valence-corrected chi connectivity index (χ4v) is 4.16. The molecule has 1 N–H and O–H groups in total. The van der Waals surface area contributed by atoms with Crippen molar-refractivity contribution in [3.8, 4) is 11.1 Å². The molecular weight excluding hydrogens is 392 g/mol. The van der Waals surface area contributed by atoms with E-state index in [1.165, 1.54) is 34.5 Å². The number of rotatable bonds is 4. The molecule has 0 aliphatic carbocycles. The van der Waals surface area contributed by atoms with Crippen LogP contribution < -0.4 is 0 Å². The number of hydrogen-bond acceptors (Lipinski definition) is 4. The molecule has 2 aromatic carbocycles. The van der Waals surface area contributed by atoms with Gasteiger partial charge in [0.2, 0.25) is 0 Å².